The third kappa shape index (κ3) is 18.9. The Bertz CT molecular complexity index is 1910. The topological polar surface area (TPSA) is 364 Å². The lowest BCUT2D eigenvalue weighted by Crippen LogP contribution is -2.46. The smallest absolute Gasteiger partial charge is 0.386 e. The number of halogens is 1. The van der Waals surface area contributed by atoms with Gasteiger partial charge in [-0.25, -0.2) is 28.6 Å². The molecule has 1 saturated heterocycles. The summed E-state index contributed by atoms with van der Waals surface area (Å²) in [5.74, 6) is -1.03. The van der Waals surface area contributed by atoms with E-state index in [1.807, 2.05) is 0 Å². The van der Waals surface area contributed by atoms with E-state index in [1.54, 1.807) is 0 Å². The van der Waals surface area contributed by atoms with E-state index in [-0.39, 0.29) is 41.6 Å². The van der Waals surface area contributed by atoms with Gasteiger partial charge in [-0.2, -0.15) is 4.31 Å². The number of carbonyl (C=O) groups excluding carboxylic acids is 3. The number of hydrogen-bond donors (Lipinski definition) is 9. The van der Waals surface area contributed by atoms with Crippen LogP contribution in [0.3, 0.4) is 0 Å². The van der Waals surface area contributed by atoms with E-state index in [4.69, 9.17) is 19.5 Å². The van der Waals surface area contributed by atoms with Crippen LogP contribution in [0.25, 0.3) is 11.2 Å². The van der Waals surface area contributed by atoms with E-state index >= 15 is 0 Å². The number of aliphatic hydroxyl groups excluding tert-OH is 2. The highest BCUT2D eigenvalue weighted by molar-refractivity contribution is 9.09. The molecule has 62 heavy (non-hydrogen) atoms. The lowest BCUT2D eigenvalue weighted by atomic mass is 9.87. The summed E-state index contributed by atoms with van der Waals surface area (Å²) in [4.78, 5) is 88.1. The van der Waals surface area contributed by atoms with E-state index < -0.39 is 84.6 Å². The second-order valence-corrected chi connectivity index (χ2v) is 21.1. The van der Waals surface area contributed by atoms with Gasteiger partial charge in [-0.15, -0.1) is 0 Å². The highest BCUT2D eigenvalue weighted by Gasteiger charge is 2.50. The Morgan fingerprint density at radius 1 is 0.935 bits per heavy atom. The van der Waals surface area contributed by atoms with E-state index in [1.165, 1.54) is 52.4 Å². The number of imidazole rings is 1. The van der Waals surface area contributed by atoms with Gasteiger partial charge in [0.15, 0.2) is 22.8 Å². The van der Waals surface area contributed by atoms with E-state index in [9.17, 15) is 57.9 Å². The van der Waals surface area contributed by atoms with Gasteiger partial charge in [0.1, 0.15) is 36.3 Å². The molecule has 1 aliphatic rings. The number of nitrogens with two attached hydrogens (primary N) is 1. The number of aliphatic hydroxyl groups is 2. The third-order valence-corrected chi connectivity index (χ3v) is 13.9. The highest BCUT2D eigenvalue weighted by atomic mass is 79.9. The van der Waals surface area contributed by atoms with Gasteiger partial charge in [-0.1, -0.05) is 86.5 Å². The Kier molecular flexibility index (Phi) is 22.5. The molecule has 3 rings (SSSR count). The maximum atomic E-state index is 12.7. The fraction of sp³-hybridized carbons (Fsp3) is 0.758. The van der Waals surface area contributed by atoms with Crippen molar-refractivity contribution >= 4 is 85.1 Å². The molecule has 0 radical (unpaired) electrons. The van der Waals surface area contributed by atoms with Gasteiger partial charge in [0, 0.05) is 42.4 Å². The number of amides is 2. The minimum absolute atomic E-state index is 0.0328. The molecule has 0 spiro atoms. The average Bonchev–Trinajstić information content (AvgIpc) is 3.75. The number of aromatic nitrogens is 4. The van der Waals surface area contributed by atoms with Gasteiger partial charge in [0.2, 0.25) is 11.8 Å². The fourth-order valence-electron chi connectivity index (χ4n) is 5.97. The summed E-state index contributed by atoms with van der Waals surface area (Å²) in [6.45, 7) is 0.568. The quantitative estimate of drug-likeness (QED) is 0.0308. The van der Waals surface area contributed by atoms with Crippen molar-refractivity contribution in [3.05, 3.63) is 12.7 Å². The molecule has 2 amide bonds. The summed E-state index contributed by atoms with van der Waals surface area (Å²) in [5, 5.41) is 27.6. The predicted octanol–water partition coefficient (Wildman–Crippen LogP) is 2.96. The van der Waals surface area contributed by atoms with E-state index in [0.29, 0.717) is 12.2 Å². The van der Waals surface area contributed by atoms with Crippen molar-refractivity contribution in [3.63, 3.8) is 0 Å². The monoisotopic (exact) mass is 1030 g/mol. The molecule has 0 aromatic carbocycles. The number of thioether (sulfide) groups is 1. The molecule has 2 aromatic heterocycles. The maximum absolute atomic E-state index is 12.7. The van der Waals surface area contributed by atoms with Crippen LogP contribution in [0.1, 0.15) is 90.7 Å². The van der Waals surface area contributed by atoms with Gasteiger partial charge in [0.25, 0.3) is 0 Å². The first-order valence-corrected chi connectivity index (χ1v) is 26.3. The average molecular weight is 1030 g/mol. The lowest BCUT2D eigenvalue weighted by molar-refractivity contribution is -0.137. The number of nitrogens with one attached hydrogen (secondary N) is 2. The normalized spacial score (nSPS) is 20.7. The summed E-state index contributed by atoms with van der Waals surface area (Å²) < 4.78 is 62.3. The van der Waals surface area contributed by atoms with Crippen LogP contribution in [0.2, 0.25) is 0 Å². The number of nitrogens with zero attached hydrogens (tertiary/aromatic N) is 4. The molecule has 0 aliphatic carbocycles. The second kappa shape index (κ2) is 25.7. The lowest BCUT2D eigenvalue weighted by Gasteiger charge is -2.30. The zero-order valence-electron chi connectivity index (χ0n) is 34.2. The summed E-state index contributed by atoms with van der Waals surface area (Å²) in [6.07, 6.45) is 3.90. The number of ether oxygens (including phenoxy) is 1. The standard InChI is InChI=1S/C33H57BrN7O17P3S/c1-33(2,28(45)31(46)37-15-13-23(42)36-16-17-62-24(43)12-10-8-6-4-3-5-7-9-11-14-34)19-55-61(52,53)58-60(50,51)54-18-22-27(57-59(47,48)49)26(44)32(56-22)41-21-40-25-29(35)38-20-39-30(25)41/h20-22,26-28,32,44-45H,3-19H2,1-2H3,(H,36,42)(H,37,46)(H,50,51)(H,52,53)(H2,35,38,39)(H2,47,48,49). The highest BCUT2D eigenvalue weighted by Crippen LogP contribution is 2.61. The van der Waals surface area contributed by atoms with Crippen LogP contribution in [-0.2, 0) is 50.7 Å². The minimum atomic E-state index is -5.57. The van der Waals surface area contributed by atoms with Crippen LogP contribution in [0, 0.1) is 5.41 Å². The van der Waals surface area contributed by atoms with Crippen LogP contribution in [-0.4, -0.2) is 128 Å². The van der Waals surface area contributed by atoms with Crippen molar-refractivity contribution in [2.45, 2.75) is 115 Å². The number of alkyl halides is 1. The van der Waals surface area contributed by atoms with Crippen LogP contribution in [0.5, 0.6) is 0 Å². The van der Waals surface area contributed by atoms with Crippen molar-refractivity contribution in [1.82, 2.24) is 30.2 Å². The van der Waals surface area contributed by atoms with Crippen molar-refractivity contribution in [2.75, 3.05) is 43.1 Å². The first kappa shape index (κ1) is 54.4. The molecule has 7 atom stereocenters. The van der Waals surface area contributed by atoms with E-state index in [0.717, 1.165) is 53.6 Å². The van der Waals surface area contributed by atoms with Crippen LogP contribution in [0.15, 0.2) is 12.7 Å². The van der Waals surface area contributed by atoms with Gasteiger partial charge in [-0.05, 0) is 12.8 Å². The van der Waals surface area contributed by atoms with Crippen molar-refractivity contribution < 1.29 is 80.5 Å². The summed E-state index contributed by atoms with van der Waals surface area (Å²) >= 11 is 4.58. The molecule has 29 heteroatoms. The summed E-state index contributed by atoms with van der Waals surface area (Å²) in [6, 6.07) is 0. The second-order valence-electron chi connectivity index (χ2n) is 14.9. The number of rotatable bonds is 30. The third-order valence-electron chi connectivity index (χ3n) is 9.28. The van der Waals surface area contributed by atoms with E-state index in [2.05, 4.69) is 50.3 Å². The van der Waals surface area contributed by atoms with Gasteiger partial charge >= 0.3 is 23.5 Å². The number of anilines is 1. The number of carbonyl (C=O) groups is 3. The number of phosphoric acid groups is 3. The number of phosphoric ester groups is 3. The molecule has 2 aromatic rings. The number of nitrogen functional groups attached to an aromatic ring is 1. The number of fused-ring (bicyclic) bond motifs is 1. The number of unbranched alkanes of at least 4 members (excludes halogenated alkanes) is 8. The van der Waals surface area contributed by atoms with Gasteiger partial charge < -0.3 is 50.9 Å². The molecular formula is C33H57BrN7O17P3S. The van der Waals surface area contributed by atoms with Crippen LogP contribution in [0.4, 0.5) is 5.82 Å². The first-order valence-electron chi connectivity index (χ1n) is 19.7. The molecule has 7 unspecified atom stereocenters. The fourth-order valence-corrected chi connectivity index (χ4v) is 9.91. The largest absolute Gasteiger partial charge is 0.481 e. The molecule has 1 aliphatic heterocycles. The molecular weight excluding hydrogens is 971 g/mol. The molecule has 354 valence electrons. The van der Waals surface area contributed by atoms with Crippen molar-refractivity contribution in [2.24, 2.45) is 5.41 Å². The molecule has 24 nitrogen and oxygen atoms in total. The SMILES string of the molecule is CC(C)(COP(=O)(O)OP(=O)(O)OCC1OC(n2cnc3c(N)ncnc32)C(O)C1OP(=O)(O)O)C(O)C(=O)NCCC(=O)NCCSC(=O)CCCCCCCCCCCBr. The minimum Gasteiger partial charge on any atom is -0.386 e. The molecule has 1 fully saturated rings. The molecule has 10 N–H and O–H groups in total. The summed E-state index contributed by atoms with van der Waals surface area (Å²) in [7, 11) is -16.4. The van der Waals surface area contributed by atoms with Crippen molar-refractivity contribution in [3.8, 4) is 0 Å². The Morgan fingerprint density at radius 3 is 2.21 bits per heavy atom. The molecule has 0 saturated carbocycles. The Hall–Kier alpha value is -1.96. The maximum Gasteiger partial charge on any atom is 0.481 e. The zero-order valence-corrected chi connectivity index (χ0v) is 39.3. The first-order chi connectivity index (χ1) is 29.1. The van der Waals surface area contributed by atoms with Crippen molar-refractivity contribution in [1.29, 1.82) is 0 Å². The Labute approximate surface area is 370 Å². The van der Waals surface area contributed by atoms with Gasteiger partial charge in [0.05, 0.1) is 19.5 Å². The van der Waals surface area contributed by atoms with Gasteiger partial charge in [-0.3, -0.25) is 32.5 Å². The Morgan fingerprint density at radius 2 is 1.56 bits per heavy atom. The Balaban J connectivity index is 1.37. The molecule has 3 heterocycles. The number of hydrogen-bond acceptors (Lipinski definition) is 18. The van der Waals surface area contributed by atoms with Crippen LogP contribution >= 0.6 is 51.2 Å². The zero-order chi connectivity index (χ0) is 46.1. The predicted molar refractivity (Wildman–Crippen MR) is 227 cm³/mol. The summed E-state index contributed by atoms with van der Waals surface area (Å²) in [5.41, 5.74) is 4.28. The molecule has 0 bridgehead atoms. The van der Waals surface area contributed by atoms with Crippen LogP contribution < -0.4 is 16.4 Å².